The number of hydrogen-bond donors (Lipinski definition) is 4. The van der Waals surface area contributed by atoms with Crippen LogP contribution in [-0.2, 0) is 10.1 Å². The number of aromatic hydroxyl groups is 1. The van der Waals surface area contributed by atoms with Crippen LogP contribution in [0.4, 0.5) is 11.4 Å². The molecule has 0 unspecified atom stereocenters. The number of benzene rings is 3. The molecule has 0 aliphatic rings. The van der Waals surface area contributed by atoms with Crippen molar-refractivity contribution in [3.05, 3.63) is 59.7 Å². The smallest absolute Gasteiger partial charge is 0.295 e. The number of nitrogen functional groups attached to an aromatic ring is 1. The largest absolute Gasteiger partial charge is 0.508 e. The first-order valence-corrected chi connectivity index (χ1v) is 9.01. The van der Waals surface area contributed by atoms with Gasteiger partial charge in [-0.25, -0.2) is 0 Å². The number of nitrogens with two attached hydrogens (primary N) is 1. The van der Waals surface area contributed by atoms with Crippen molar-refractivity contribution in [1.29, 1.82) is 0 Å². The SMILES string of the molecule is Cc1cc(C(=O)Nc2cccc3cc(O)cc(S(=O)(=O)O)c23)ccc1N. The lowest BCUT2D eigenvalue weighted by Crippen LogP contribution is -2.13. The van der Waals surface area contributed by atoms with Crippen molar-refractivity contribution in [3.8, 4) is 5.75 Å². The number of carbonyl (C=O) groups is 1. The molecule has 3 rings (SSSR count). The first kappa shape index (κ1) is 17.7. The quantitative estimate of drug-likeness (QED) is 0.413. The van der Waals surface area contributed by atoms with Crippen LogP contribution < -0.4 is 11.1 Å². The van der Waals surface area contributed by atoms with E-state index in [0.717, 1.165) is 11.6 Å². The molecule has 7 nitrogen and oxygen atoms in total. The van der Waals surface area contributed by atoms with Crippen molar-refractivity contribution >= 4 is 38.2 Å². The summed E-state index contributed by atoms with van der Waals surface area (Å²) < 4.78 is 32.9. The number of phenols is 1. The van der Waals surface area contributed by atoms with Crippen LogP contribution in [0.1, 0.15) is 15.9 Å². The molecule has 0 atom stereocenters. The number of phenolic OH excluding ortho intramolecular Hbond substituents is 1. The van der Waals surface area contributed by atoms with Gasteiger partial charge >= 0.3 is 0 Å². The predicted octanol–water partition coefficient (Wildman–Crippen LogP) is 2.94. The van der Waals surface area contributed by atoms with Crippen LogP contribution in [0.2, 0.25) is 0 Å². The average molecular weight is 372 g/mol. The van der Waals surface area contributed by atoms with Gasteiger partial charge in [-0.15, -0.1) is 0 Å². The molecule has 3 aromatic rings. The van der Waals surface area contributed by atoms with Crippen LogP contribution in [0.15, 0.2) is 53.4 Å². The fourth-order valence-electron chi connectivity index (χ4n) is 2.69. The van der Waals surface area contributed by atoms with Crippen molar-refractivity contribution < 1.29 is 22.9 Å². The summed E-state index contributed by atoms with van der Waals surface area (Å²) in [7, 11) is -4.62. The minimum atomic E-state index is -4.62. The van der Waals surface area contributed by atoms with E-state index in [1.165, 1.54) is 12.1 Å². The summed E-state index contributed by atoms with van der Waals surface area (Å²) in [5.41, 5.74) is 7.57. The molecule has 0 saturated heterocycles. The third-order valence-corrected chi connectivity index (χ3v) is 4.86. The Labute approximate surface area is 149 Å². The average Bonchev–Trinajstić information content (AvgIpc) is 2.55. The van der Waals surface area contributed by atoms with Gasteiger partial charge in [0, 0.05) is 22.7 Å². The van der Waals surface area contributed by atoms with Crippen LogP contribution in [-0.4, -0.2) is 24.0 Å². The maximum absolute atomic E-state index is 12.5. The van der Waals surface area contributed by atoms with Crippen molar-refractivity contribution in [2.24, 2.45) is 0 Å². The van der Waals surface area contributed by atoms with E-state index in [1.807, 2.05) is 0 Å². The molecular formula is C18H16N2O5S. The molecule has 1 amide bonds. The zero-order chi connectivity index (χ0) is 19.1. The highest BCUT2D eigenvalue weighted by Crippen LogP contribution is 2.33. The highest BCUT2D eigenvalue weighted by molar-refractivity contribution is 7.86. The third kappa shape index (κ3) is 3.32. The Balaban J connectivity index is 2.13. The van der Waals surface area contributed by atoms with Gasteiger partial charge in [-0.2, -0.15) is 8.42 Å². The van der Waals surface area contributed by atoms with Gasteiger partial charge < -0.3 is 16.2 Å². The van der Waals surface area contributed by atoms with Crippen molar-refractivity contribution in [3.63, 3.8) is 0 Å². The molecule has 0 spiro atoms. The summed E-state index contributed by atoms with van der Waals surface area (Å²) in [4.78, 5) is 12.0. The van der Waals surface area contributed by atoms with E-state index in [-0.39, 0.29) is 16.8 Å². The lowest BCUT2D eigenvalue weighted by atomic mass is 10.1. The molecular weight excluding hydrogens is 356 g/mol. The second-order valence-corrected chi connectivity index (χ2v) is 7.24. The molecule has 0 aliphatic carbocycles. The van der Waals surface area contributed by atoms with E-state index in [9.17, 15) is 22.9 Å². The Hall–Kier alpha value is -3.10. The lowest BCUT2D eigenvalue weighted by Gasteiger charge is -2.12. The Morgan fingerprint density at radius 2 is 1.85 bits per heavy atom. The van der Waals surface area contributed by atoms with E-state index in [4.69, 9.17) is 5.73 Å². The van der Waals surface area contributed by atoms with E-state index in [0.29, 0.717) is 16.6 Å². The summed E-state index contributed by atoms with van der Waals surface area (Å²) in [6, 6.07) is 11.7. The van der Waals surface area contributed by atoms with Crippen molar-refractivity contribution in [2.45, 2.75) is 11.8 Å². The standard InChI is InChI=1S/C18H16N2O5S/c1-10-7-12(5-6-14(10)19)18(22)20-15-4-2-3-11-8-13(21)9-16(17(11)15)26(23,24)25/h2-9,21H,19H2,1H3,(H,20,22)(H,23,24,25). The molecule has 0 radical (unpaired) electrons. The van der Waals surface area contributed by atoms with Gasteiger partial charge in [0.05, 0.1) is 5.69 Å². The topological polar surface area (TPSA) is 130 Å². The maximum Gasteiger partial charge on any atom is 0.295 e. The number of rotatable bonds is 3. The Kier molecular flexibility index (Phi) is 4.31. The third-order valence-electron chi connectivity index (χ3n) is 3.98. The van der Waals surface area contributed by atoms with Crippen molar-refractivity contribution in [1.82, 2.24) is 0 Å². The zero-order valence-corrected chi connectivity index (χ0v) is 14.5. The summed E-state index contributed by atoms with van der Waals surface area (Å²) in [6.45, 7) is 1.77. The van der Waals surface area contributed by atoms with Gasteiger partial charge in [0.15, 0.2) is 0 Å². The summed E-state index contributed by atoms with van der Waals surface area (Å²) in [5.74, 6) is -0.780. The minimum Gasteiger partial charge on any atom is -0.508 e. The van der Waals surface area contributed by atoms with Gasteiger partial charge in [0.1, 0.15) is 10.6 Å². The second kappa shape index (κ2) is 6.32. The van der Waals surface area contributed by atoms with Gasteiger partial charge in [-0.05, 0) is 48.2 Å². The molecule has 0 aromatic heterocycles. The van der Waals surface area contributed by atoms with Crippen LogP contribution >= 0.6 is 0 Å². The second-order valence-electron chi connectivity index (χ2n) is 5.85. The first-order valence-electron chi connectivity index (χ1n) is 7.57. The van der Waals surface area contributed by atoms with Crippen molar-refractivity contribution in [2.75, 3.05) is 11.1 Å². The normalized spacial score (nSPS) is 11.5. The van der Waals surface area contributed by atoms with Gasteiger partial charge in [0.2, 0.25) is 0 Å². The Bertz CT molecular complexity index is 1140. The van der Waals surface area contributed by atoms with E-state index in [2.05, 4.69) is 5.32 Å². The van der Waals surface area contributed by atoms with Crippen LogP contribution in [0.3, 0.4) is 0 Å². The molecule has 26 heavy (non-hydrogen) atoms. The fourth-order valence-corrected chi connectivity index (χ4v) is 3.45. The number of carbonyl (C=O) groups excluding carboxylic acids is 1. The molecule has 8 heteroatoms. The molecule has 5 N–H and O–H groups in total. The number of hydrogen-bond acceptors (Lipinski definition) is 5. The number of amides is 1. The highest BCUT2D eigenvalue weighted by Gasteiger charge is 2.19. The molecule has 134 valence electrons. The van der Waals surface area contributed by atoms with Gasteiger partial charge in [-0.3, -0.25) is 9.35 Å². The van der Waals surface area contributed by atoms with Crippen LogP contribution in [0.5, 0.6) is 5.75 Å². The van der Waals surface area contributed by atoms with Crippen LogP contribution in [0, 0.1) is 6.92 Å². The maximum atomic E-state index is 12.5. The lowest BCUT2D eigenvalue weighted by molar-refractivity contribution is 0.102. The van der Waals surface area contributed by atoms with Crippen LogP contribution in [0.25, 0.3) is 10.8 Å². The molecule has 0 fully saturated rings. The van der Waals surface area contributed by atoms with E-state index < -0.39 is 20.9 Å². The first-order chi connectivity index (χ1) is 12.2. The Morgan fingerprint density at radius 1 is 1.12 bits per heavy atom. The monoisotopic (exact) mass is 372 g/mol. The van der Waals surface area contributed by atoms with Gasteiger partial charge in [0.25, 0.3) is 16.0 Å². The van der Waals surface area contributed by atoms with E-state index >= 15 is 0 Å². The molecule has 0 aliphatic heterocycles. The summed E-state index contributed by atoms with van der Waals surface area (Å²) in [6.07, 6.45) is 0. The Morgan fingerprint density at radius 3 is 2.50 bits per heavy atom. The fraction of sp³-hybridized carbons (Fsp3) is 0.0556. The summed E-state index contributed by atoms with van der Waals surface area (Å²) >= 11 is 0. The van der Waals surface area contributed by atoms with Gasteiger partial charge in [-0.1, -0.05) is 12.1 Å². The number of fused-ring (bicyclic) bond motifs is 1. The number of nitrogens with one attached hydrogen (secondary N) is 1. The molecule has 3 aromatic carbocycles. The minimum absolute atomic E-state index is 0.105. The summed E-state index contributed by atoms with van der Waals surface area (Å²) in [5, 5.41) is 12.8. The van der Waals surface area contributed by atoms with E-state index in [1.54, 1.807) is 37.3 Å². The molecule has 0 saturated carbocycles. The highest BCUT2D eigenvalue weighted by atomic mass is 32.2. The molecule has 0 bridgehead atoms. The molecule has 0 heterocycles. The number of aryl methyl sites for hydroxylation is 1. The number of anilines is 2. The predicted molar refractivity (Wildman–Crippen MR) is 99.0 cm³/mol. The zero-order valence-electron chi connectivity index (χ0n) is 13.7.